The number of carbonyl (C=O) groups is 1. The lowest BCUT2D eigenvalue weighted by Gasteiger charge is -2.27. The van der Waals surface area contributed by atoms with E-state index in [4.69, 9.17) is 4.98 Å². The summed E-state index contributed by atoms with van der Waals surface area (Å²) < 4.78 is 0. The van der Waals surface area contributed by atoms with Crippen LogP contribution in [0.3, 0.4) is 0 Å². The van der Waals surface area contributed by atoms with Gasteiger partial charge in [-0.15, -0.1) is 0 Å². The van der Waals surface area contributed by atoms with Gasteiger partial charge in [-0.25, -0.2) is 9.97 Å². The molecule has 0 unspecified atom stereocenters. The van der Waals surface area contributed by atoms with Crippen molar-refractivity contribution in [2.75, 3.05) is 0 Å². The largest absolute Gasteiger partial charge is 0.349 e. The fourth-order valence-corrected chi connectivity index (χ4v) is 3.53. The molecule has 5 heteroatoms. The van der Waals surface area contributed by atoms with Crippen molar-refractivity contribution in [2.24, 2.45) is 0 Å². The number of fused-ring (bicyclic) bond motifs is 1. The van der Waals surface area contributed by atoms with Gasteiger partial charge in [-0.1, -0.05) is 30.3 Å². The van der Waals surface area contributed by atoms with Gasteiger partial charge in [0.15, 0.2) is 5.82 Å². The van der Waals surface area contributed by atoms with E-state index < -0.39 is 0 Å². The Morgan fingerprint density at radius 3 is 2.70 bits per heavy atom. The van der Waals surface area contributed by atoms with Crippen LogP contribution in [0.2, 0.25) is 0 Å². The molecular formula is C22H22N4O. The van der Waals surface area contributed by atoms with Gasteiger partial charge in [0.1, 0.15) is 0 Å². The van der Waals surface area contributed by atoms with E-state index in [1.165, 1.54) is 0 Å². The van der Waals surface area contributed by atoms with Crippen molar-refractivity contribution in [3.63, 3.8) is 0 Å². The zero-order valence-electron chi connectivity index (χ0n) is 15.3. The number of hydrogen-bond donors (Lipinski definition) is 1. The lowest BCUT2D eigenvalue weighted by atomic mass is 9.91. The van der Waals surface area contributed by atoms with E-state index in [2.05, 4.69) is 15.3 Å². The zero-order valence-corrected chi connectivity index (χ0v) is 15.3. The van der Waals surface area contributed by atoms with Crippen LogP contribution in [0.5, 0.6) is 0 Å². The number of rotatable bonds is 4. The van der Waals surface area contributed by atoms with E-state index >= 15 is 0 Å². The third kappa shape index (κ3) is 3.72. The number of pyridine rings is 1. The van der Waals surface area contributed by atoms with Crippen LogP contribution in [0.25, 0.3) is 11.4 Å². The molecule has 4 rings (SSSR count). The number of aromatic nitrogens is 3. The maximum Gasteiger partial charge on any atom is 0.227 e. The molecule has 0 saturated carbocycles. The number of nitrogens with one attached hydrogen (secondary N) is 1. The summed E-state index contributed by atoms with van der Waals surface area (Å²) in [6.07, 6.45) is 8.19. The first-order valence-electron chi connectivity index (χ1n) is 9.34. The van der Waals surface area contributed by atoms with E-state index in [9.17, 15) is 4.79 Å². The molecule has 2 aromatic heterocycles. The lowest BCUT2D eigenvalue weighted by Crippen LogP contribution is -2.34. The molecule has 2 heterocycles. The molecular weight excluding hydrogens is 336 g/mol. The maximum absolute atomic E-state index is 12.8. The third-order valence-corrected chi connectivity index (χ3v) is 5.13. The Hall–Kier alpha value is -3.08. The second-order valence-corrected chi connectivity index (χ2v) is 6.92. The standard InChI is InChI=1S/C22H22N4O/c1-15(16-6-3-2-4-7-16)22(27)26-20-9-5-8-19-18(20)14-24-21(25-19)17-10-12-23-13-11-17/h2-4,6-7,10-15,20H,5,8-9H2,1H3,(H,26,27)/t15-,20-/m0/s1. The minimum Gasteiger partial charge on any atom is -0.349 e. The van der Waals surface area contributed by atoms with Gasteiger partial charge in [0.25, 0.3) is 0 Å². The van der Waals surface area contributed by atoms with Gasteiger partial charge in [0.2, 0.25) is 5.91 Å². The second-order valence-electron chi connectivity index (χ2n) is 6.92. The first-order chi connectivity index (χ1) is 13.2. The van der Waals surface area contributed by atoms with Gasteiger partial charge in [0, 0.05) is 35.4 Å². The molecule has 0 spiro atoms. The summed E-state index contributed by atoms with van der Waals surface area (Å²) in [6, 6.07) is 13.7. The summed E-state index contributed by atoms with van der Waals surface area (Å²) in [6.45, 7) is 1.94. The summed E-state index contributed by atoms with van der Waals surface area (Å²) >= 11 is 0. The predicted octanol–water partition coefficient (Wildman–Crippen LogP) is 3.84. The summed E-state index contributed by atoms with van der Waals surface area (Å²) in [4.78, 5) is 26.1. The molecule has 3 aromatic rings. The van der Waals surface area contributed by atoms with E-state index in [0.29, 0.717) is 5.82 Å². The fraction of sp³-hybridized carbons (Fsp3) is 0.273. The Bertz CT molecular complexity index is 928. The highest BCUT2D eigenvalue weighted by Crippen LogP contribution is 2.30. The topological polar surface area (TPSA) is 67.8 Å². The monoisotopic (exact) mass is 358 g/mol. The molecule has 0 radical (unpaired) electrons. The number of aryl methyl sites for hydroxylation is 1. The molecule has 1 amide bonds. The van der Waals surface area contributed by atoms with Crippen LogP contribution < -0.4 is 5.32 Å². The second kappa shape index (κ2) is 7.66. The van der Waals surface area contributed by atoms with Crippen LogP contribution in [0.15, 0.2) is 61.1 Å². The Labute approximate surface area is 158 Å². The van der Waals surface area contributed by atoms with E-state index in [0.717, 1.165) is 41.6 Å². The molecule has 136 valence electrons. The lowest BCUT2D eigenvalue weighted by molar-refractivity contribution is -0.123. The number of hydrogen-bond acceptors (Lipinski definition) is 4. The number of carbonyl (C=O) groups excluding carboxylic acids is 1. The van der Waals surface area contributed by atoms with E-state index in [1.54, 1.807) is 12.4 Å². The molecule has 0 saturated heterocycles. The van der Waals surface area contributed by atoms with Crippen molar-refractivity contribution in [3.8, 4) is 11.4 Å². The van der Waals surface area contributed by atoms with Crippen molar-refractivity contribution >= 4 is 5.91 Å². The Morgan fingerprint density at radius 2 is 1.93 bits per heavy atom. The molecule has 1 aliphatic rings. The highest BCUT2D eigenvalue weighted by Gasteiger charge is 2.26. The van der Waals surface area contributed by atoms with Gasteiger partial charge >= 0.3 is 0 Å². The SMILES string of the molecule is C[C@H](C(=O)N[C@H]1CCCc2nc(-c3ccncc3)ncc21)c1ccccc1. The van der Waals surface area contributed by atoms with Crippen LogP contribution in [-0.2, 0) is 11.2 Å². The molecule has 2 atom stereocenters. The smallest absolute Gasteiger partial charge is 0.227 e. The highest BCUT2D eigenvalue weighted by atomic mass is 16.1. The minimum absolute atomic E-state index is 0.0288. The molecule has 0 bridgehead atoms. The molecule has 5 nitrogen and oxygen atoms in total. The quantitative estimate of drug-likeness (QED) is 0.769. The van der Waals surface area contributed by atoms with Gasteiger partial charge < -0.3 is 5.32 Å². The Balaban J connectivity index is 1.54. The minimum atomic E-state index is -0.186. The van der Waals surface area contributed by atoms with Crippen molar-refractivity contribution in [1.29, 1.82) is 0 Å². The van der Waals surface area contributed by atoms with Crippen molar-refractivity contribution in [3.05, 3.63) is 77.9 Å². The molecule has 1 aliphatic carbocycles. The van der Waals surface area contributed by atoms with E-state index in [-0.39, 0.29) is 17.9 Å². The van der Waals surface area contributed by atoms with Crippen LogP contribution in [0.4, 0.5) is 0 Å². The summed E-state index contributed by atoms with van der Waals surface area (Å²) in [5, 5.41) is 3.20. The predicted molar refractivity (Wildman–Crippen MR) is 104 cm³/mol. The van der Waals surface area contributed by atoms with Gasteiger partial charge in [-0.3, -0.25) is 9.78 Å². The Kier molecular flexibility index (Phi) is 4.92. The zero-order chi connectivity index (χ0) is 18.6. The van der Waals surface area contributed by atoms with Gasteiger partial charge in [-0.2, -0.15) is 0 Å². The van der Waals surface area contributed by atoms with Crippen molar-refractivity contribution < 1.29 is 4.79 Å². The fourth-order valence-electron chi connectivity index (χ4n) is 3.53. The van der Waals surface area contributed by atoms with Gasteiger partial charge in [-0.05, 0) is 43.9 Å². The maximum atomic E-state index is 12.8. The number of nitrogens with zero attached hydrogens (tertiary/aromatic N) is 3. The van der Waals surface area contributed by atoms with E-state index in [1.807, 2.05) is 55.6 Å². The first kappa shape index (κ1) is 17.3. The molecule has 1 aromatic carbocycles. The number of benzene rings is 1. The molecule has 0 fully saturated rings. The summed E-state index contributed by atoms with van der Waals surface area (Å²) in [5.41, 5.74) is 4.04. The number of amides is 1. The normalized spacial score (nSPS) is 17.0. The van der Waals surface area contributed by atoms with Crippen molar-refractivity contribution in [2.45, 2.75) is 38.1 Å². The van der Waals surface area contributed by atoms with Crippen LogP contribution in [0.1, 0.15) is 48.5 Å². The summed E-state index contributed by atoms with van der Waals surface area (Å²) in [7, 11) is 0. The van der Waals surface area contributed by atoms with Crippen molar-refractivity contribution in [1.82, 2.24) is 20.3 Å². The third-order valence-electron chi connectivity index (χ3n) is 5.13. The first-order valence-corrected chi connectivity index (χ1v) is 9.34. The van der Waals surface area contributed by atoms with Gasteiger partial charge in [0.05, 0.1) is 12.0 Å². The Morgan fingerprint density at radius 1 is 1.15 bits per heavy atom. The molecule has 0 aliphatic heterocycles. The van der Waals surface area contributed by atoms with Crippen LogP contribution in [0, 0.1) is 0 Å². The average molecular weight is 358 g/mol. The average Bonchev–Trinajstić information content (AvgIpc) is 2.74. The molecule has 27 heavy (non-hydrogen) atoms. The highest BCUT2D eigenvalue weighted by molar-refractivity contribution is 5.83. The molecule has 1 N–H and O–H groups in total. The van der Waals surface area contributed by atoms with Crippen LogP contribution >= 0.6 is 0 Å². The summed E-state index contributed by atoms with van der Waals surface area (Å²) in [5.74, 6) is 0.562. The van der Waals surface area contributed by atoms with Crippen LogP contribution in [-0.4, -0.2) is 20.9 Å².